The van der Waals surface area contributed by atoms with Gasteiger partial charge in [-0.25, -0.2) is 0 Å². The molecule has 0 aliphatic carbocycles. The van der Waals surface area contributed by atoms with E-state index in [1.165, 1.54) is 0 Å². The number of primary amides is 1. The van der Waals surface area contributed by atoms with E-state index in [0.717, 1.165) is 24.9 Å². The second-order valence-corrected chi connectivity index (χ2v) is 5.14. The van der Waals surface area contributed by atoms with Gasteiger partial charge in [-0.05, 0) is 37.5 Å². The lowest BCUT2D eigenvalue weighted by molar-refractivity contribution is -0.119. The van der Waals surface area contributed by atoms with Crippen LogP contribution in [0, 0.1) is 0 Å². The number of benzene rings is 1. The minimum absolute atomic E-state index is 0.0596. The minimum atomic E-state index is -0.488. The van der Waals surface area contributed by atoms with Gasteiger partial charge in [0.2, 0.25) is 0 Å². The largest absolute Gasteiger partial charge is 0.484 e. The molecule has 0 spiro atoms. The normalized spacial score (nSPS) is 13.8. The van der Waals surface area contributed by atoms with E-state index < -0.39 is 5.91 Å². The standard InChI is InChI=1S/C15H24N2O3/c1-3-15(2,8-9-18)17-10-12-4-6-13(7-5-12)20-11-14(16)19/h4-7,17-18H,3,8-11H2,1-2H3,(H2,16,19). The van der Waals surface area contributed by atoms with E-state index in [4.69, 9.17) is 15.6 Å². The molecule has 5 nitrogen and oxygen atoms in total. The second-order valence-electron chi connectivity index (χ2n) is 5.14. The molecule has 4 N–H and O–H groups in total. The Labute approximate surface area is 120 Å². The van der Waals surface area contributed by atoms with E-state index in [1.807, 2.05) is 24.3 Å². The van der Waals surface area contributed by atoms with Gasteiger partial charge < -0.3 is 20.9 Å². The van der Waals surface area contributed by atoms with Gasteiger partial charge >= 0.3 is 0 Å². The predicted molar refractivity (Wildman–Crippen MR) is 78.4 cm³/mol. The molecule has 0 aromatic heterocycles. The molecule has 20 heavy (non-hydrogen) atoms. The Morgan fingerprint density at radius 1 is 1.40 bits per heavy atom. The van der Waals surface area contributed by atoms with Crippen molar-refractivity contribution in [3.8, 4) is 5.75 Å². The summed E-state index contributed by atoms with van der Waals surface area (Å²) in [6.45, 7) is 5.00. The molecule has 0 saturated carbocycles. The summed E-state index contributed by atoms with van der Waals surface area (Å²) in [6.07, 6.45) is 1.68. The highest BCUT2D eigenvalue weighted by Gasteiger charge is 2.20. The van der Waals surface area contributed by atoms with Crippen LogP contribution in [0.15, 0.2) is 24.3 Å². The van der Waals surface area contributed by atoms with Gasteiger partial charge in [0.05, 0.1) is 0 Å². The van der Waals surface area contributed by atoms with Crippen molar-refractivity contribution in [2.45, 2.75) is 38.8 Å². The summed E-state index contributed by atoms with van der Waals surface area (Å²) < 4.78 is 5.20. The fraction of sp³-hybridized carbons (Fsp3) is 0.533. The first-order valence-corrected chi connectivity index (χ1v) is 6.85. The average Bonchev–Trinajstić information content (AvgIpc) is 2.44. The first-order chi connectivity index (χ1) is 9.49. The number of nitrogens with two attached hydrogens (primary N) is 1. The summed E-state index contributed by atoms with van der Waals surface area (Å²) in [4.78, 5) is 10.6. The molecule has 1 atom stereocenters. The van der Waals surface area contributed by atoms with Gasteiger partial charge in [0.15, 0.2) is 6.61 Å². The summed E-state index contributed by atoms with van der Waals surface area (Å²) in [5.74, 6) is 0.139. The van der Waals surface area contributed by atoms with E-state index in [9.17, 15) is 4.79 Å². The molecule has 112 valence electrons. The molecule has 5 heteroatoms. The third-order valence-electron chi connectivity index (χ3n) is 3.47. The number of ether oxygens (including phenoxy) is 1. The third-order valence-corrected chi connectivity index (χ3v) is 3.47. The minimum Gasteiger partial charge on any atom is -0.484 e. The number of hydrogen-bond donors (Lipinski definition) is 3. The average molecular weight is 280 g/mol. The smallest absolute Gasteiger partial charge is 0.255 e. The van der Waals surface area contributed by atoms with Crippen LogP contribution in [0.5, 0.6) is 5.75 Å². The zero-order valence-corrected chi connectivity index (χ0v) is 12.2. The maximum atomic E-state index is 10.6. The lowest BCUT2D eigenvalue weighted by Gasteiger charge is -2.29. The Hall–Kier alpha value is -1.59. The number of hydrogen-bond acceptors (Lipinski definition) is 4. The fourth-order valence-corrected chi connectivity index (χ4v) is 1.81. The van der Waals surface area contributed by atoms with Crippen LogP contribution in [0.1, 0.15) is 32.3 Å². The van der Waals surface area contributed by atoms with Crippen LogP contribution in [0.25, 0.3) is 0 Å². The molecule has 0 aliphatic rings. The van der Waals surface area contributed by atoms with Crippen molar-refractivity contribution < 1.29 is 14.6 Å². The Bertz CT molecular complexity index is 420. The van der Waals surface area contributed by atoms with E-state index in [0.29, 0.717) is 5.75 Å². The Kier molecular flexibility index (Phi) is 6.48. The van der Waals surface area contributed by atoms with Gasteiger partial charge in [0.1, 0.15) is 5.75 Å². The SMILES string of the molecule is CCC(C)(CCO)NCc1ccc(OCC(N)=O)cc1. The van der Waals surface area contributed by atoms with Crippen LogP contribution < -0.4 is 15.8 Å². The molecule has 1 unspecified atom stereocenters. The van der Waals surface area contributed by atoms with Crippen LogP contribution in [-0.4, -0.2) is 29.8 Å². The van der Waals surface area contributed by atoms with Gasteiger partial charge in [-0.1, -0.05) is 19.1 Å². The van der Waals surface area contributed by atoms with Crippen molar-refractivity contribution in [1.29, 1.82) is 0 Å². The van der Waals surface area contributed by atoms with Crippen molar-refractivity contribution in [2.24, 2.45) is 5.73 Å². The predicted octanol–water partition coefficient (Wildman–Crippen LogP) is 1.19. The summed E-state index contributed by atoms with van der Waals surface area (Å²) in [7, 11) is 0. The summed E-state index contributed by atoms with van der Waals surface area (Å²) in [5.41, 5.74) is 6.08. The third kappa shape index (κ3) is 5.59. The Balaban J connectivity index is 2.50. The molecule has 1 aromatic carbocycles. The fourth-order valence-electron chi connectivity index (χ4n) is 1.81. The zero-order chi connectivity index (χ0) is 15.0. The monoisotopic (exact) mass is 280 g/mol. The van der Waals surface area contributed by atoms with Crippen LogP contribution in [-0.2, 0) is 11.3 Å². The van der Waals surface area contributed by atoms with E-state index in [-0.39, 0.29) is 18.8 Å². The zero-order valence-electron chi connectivity index (χ0n) is 12.2. The lowest BCUT2D eigenvalue weighted by atomic mass is 9.94. The molecule has 0 saturated heterocycles. The van der Waals surface area contributed by atoms with Crippen molar-refractivity contribution in [3.05, 3.63) is 29.8 Å². The highest BCUT2D eigenvalue weighted by atomic mass is 16.5. The van der Waals surface area contributed by atoms with Gasteiger partial charge in [-0.3, -0.25) is 4.79 Å². The van der Waals surface area contributed by atoms with Gasteiger partial charge in [-0.15, -0.1) is 0 Å². The number of aliphatic hydroxyl groups is 1. The number of nitrogens with one attached hydrogen (secondary N) is 1. The number of rotatable bonds is 9. The van der Waals surface area contributed by atoms with E-state index in [2.05, 4.69) is 19.2 Å². The van der Waals surface area contributed by atoms with Crippen molar-refractivity contribution >= 4 is 5.91 Å². The summed E-state index contributed by atoms with van der Waals surface area (Å²) >= 11 is 0. The number of amides is 1. The van der Waals surface area contributed by atoms with Crippen LogP contribution in [0.4, 0.5) is 0 Å². The lowest BCUT2D eigenvalue weighted by Crippen LogP contribution is -2.42. The molecule has 0 heterocycles. The topological polar surface area (TPSA) is 84.6 Å². The van der Waals surface area contributed by atoms with E-state index >= 15 is 0 Å². The van der Waals surface area contributed by atoms with Gasteiger partial charge in [0.25, 0.3) is 5.91 Å². The summed E-state index contributed by atoms with van der Waals surface area (Å²) in [5, 5.41) is 12.5. The number of carbonyl (C=O) groups is 1. The Morgan fingerprint density at radius 2 is 2.05 bits per heavy atom. The highest BCUT2D eigenvalue weighted by Crippen LogP contribution is 2.16. The second kappa shape index (κ2) is 7.87. The Morgan fingerprint density at radius 3 is 2.55 bits per heavy atom. The number of carbonyl (C=O) groups excluding carboxylic acids is 1. The molecule has 1 amide bonds. The molecule has 0 radical (unpaired) electrons. The van der Waals surface area contributed by atoms with Crippen molar-refractivity contribution in [3.63, 3.8) is 0 Å². The summed E-state index contributed by atoms with van der Waals surface area (Å²) in [6, 6.07) is 7.52. The van der Waals surface area contributed by atoms with Crippen LogP contribution in [0.2, 0.25) is 0 Å². The van der Waals surface area contributed by atoms with E-state index in [1.54, 1.807) is 0 Å². The quantitative estimate of drug-likeness (QED) is 0.634. The van der Waals surface area contributed by atoms with Crippen LogP contribution in [0.3, 0.4) is 0 Å². The molecule has 0 bridgehead atoms. The van der Waals surface area contributed by atoms with Crippen molar-refractivity contribution in [1.82, 2.24) is 5.32 Å². The van der Waals surface area contributed by atoms with Crippen LogP contribution >= 0.6 is 0 Å². The molecular weight excluding hydrogens is 256 g/mol. The van der Waals surface area contributed by atoms with Crippen molar-refractivity contribution in [2.75, 3.05) is 13.2 Å². The highest BCUT2D eigenvalue weighted by molar-refractivity contribution is 5.75. The molecule has 1 rings (SSSR count). The first-order valence-electron chi connectivity index (χ1n) is 6.85. The first kappa shape index (κ1) is 16.5. The van der Waals surface area contributed by atoms with Gasteiger partial charge in [0, 0.05) is 18.7 Å². The maximum Gasteiger partial charge on any atom is 0.255 e. The van der Waals surface area contributed by atoms with Gasteiger partial charge in [-0.2, -0.15) is 0 Å². The molecule has 0 aliphatic heterocycles. The molecular formula is C15H24N2O3. The molecule has 1 aromatic rings. The maximum absolute atomic E-state index is 10.6. The molecule has 0 fully saturated rings. The number of aliphatic hydroxyl groups excluding tert-OH is 1.